The summed E-state index contributed by atoms with van der Waals surface area (Å²) in [5.74, 6) is -0.136. The largest absolute Gasteiger partial charge is 0.344 e. The molecule has 3 aromatic rings. The van der Waals surface area contributed by atoms with Crippen LogP contribution in [0, 0.1) is 0 Å². The average Bonchev–Trinajstić information content (AvgIpc) is 2.62. The zero-order chi connectivity index (χ0) is 16.9. The van der Waals surface area contributed by atoms with Gasteiger partial charge < -0.3 is 10.2 Å². The van der Waals surface area contributed by atoms with Crippen molar-refractivity contribution in [1.29, 1.82) is 0 Å². The molecule has 2 N–H and O–H groups in total. The number of likely N-dealkylation sites (N-methyl/N-ethyl adjacent to an activating group) is 1. The van der Waals surface area contributed by atoms with Crippen LogP contribution in [0.5, 0.6) is 0 Å². The maximum Gasteiger partial charge on any atom is 0.270 e. The van der Waals surface area contributed by atoms with Crippen LogP contribution in [0.1, 0.15) is 22.1 Å². The molecule has 4 nitrogen and oxygen atoms in total. The molecular weight excluding hydrogens is 298 g/mol. The lowest BCUT2D eigenvalue weighted by Gasteiger charge is -2.22. The van der Waals surface area contributed by atoms with Gasteiger partial charge in [0.1, 0.15) is 11.7 Å². The van der Waals surface area contributed by atoms with E-state index in [0.29, 0.717) is 12.2 Å². The number of fused-ring (bicyclic) bond motifs is 1. The molecule has 4 heteroatoms. The molecule has 0 fully saturated rings. The summed E-state index contributed by atoms with van der Waals surface area (Å²) in [6, 6.07) is 22.0. The summed E-state index contributed by atoms with van der Waals surface area (Å²) >= 11 is 0. The Morgan fingerprint density at radius 2 is 1.71 bits per heavy atom. The Bertz CT molecular complexity index is 830. The van der Waals surface area contributed by atoms with Gasteiger partial charge in [-0.05, 0) is 12.1 Å². The van der Waals surface area contributed by atoms with Crippen molar-refractivity contribution in [2.24, 2.45) is 0 Å². The van der Waals surface area contributed by atoms with E-state index in [1.165, 1.54) is 10.5 Å². The number of nitrogens with one attached hydrogen (secondary N) is 2. The van der Waals surface area contributed by atoms with Crippen LogP contribution < -0.4 is 10.2 Å². The van der Waals surface area contributed by atoms with Crippen LogP contribution in [-0.4, -0.2) is 31.5 Å². The van der Waals surface area contributed by atoms with E-state index in [0.717, 1.165) is 10.9 Å². The van der Waals surface area contributed by atoms with Gasteiger partial charge in [0, 0.05) is 10.9 Å². The van der Waals surface area contributed by atoms with E-state index >= 15 is 0 Å². The topological polar surface area (TPSA) is 46.4 Å². The van der Waals surface area contributed by atoms with Gasteiger partial charge in [0.15, 0.2) is 0 Å². The number of hydrogen-bond acceptors (Lipinski definition) is 2. The van der Waals surface area contributed by atoms with Crippen molar-refractivity contribution in [2.45, 2.75) is 6.04 Å². The van der Waals surface area contributed by atoms with Crippen LogP contribution in [0.15, 0.2) is 66.7 Å². The molecular formula is C20H22N3O+. The summed E-state index contributed by atoms with van der Waals surface area (Å²) in [4.78, 5) is 18.2. The molecule has 0 saturated heterocycles. The van der Waals surface area contributed by atoms with Gasteiger partial charge in [0.25, 0.3) is 5.91 Å². The Kier molecular flexibility index (Phi) is 4.87. The zero-order valence-corrected chi connectivity index (χ0v) is 14.0. The number of pyridine rings is 1. The van der Waals surface area contributed by atoms with Gasteiger partial charge in [-0.1, -0.05) is 54.6 Å². The predicted molar refractivity (Wildman–Crippen MR) is 96.1 cm³/mol. The number of rotatable bonds is 5. The number of carbonyl (C=O) groups excluding carboxylic acids is 1. The van der Waals surface area contributed by atoms with Crippen molar-refractivity contribution in [3.05, 3.63) is 78.0 Å². The Morgan fingerprint density at radius 1 is 1.00 bits per heavy atom. The summed E-state index contributed by atoms with van der Waals surface area (Å²) in [5, 5.41) is 4.06. The van der Waals surface area contributed by atoms with Crippen molar-refractivity contribution in [3.8, 4) is 0 Å². The number of benzene rings is 2. The minimum absolute atomic E-state index is 0.136. The van der Waals surface area contributed by atoms with Gasteiger partial charge >= 0.3 is 0 Å². The van der Waals surface area contributed by atoms with E-state index in [1.807, 2.05) is 48.5 Å². The maximum atomic E-state index is 12.5. The average molecular weight is 320 g/mol. The fraction of sp³-hybridized carbons (Fsp3) is 0.200. The monoisotopic (exact) mass is 320 g/mol. The molecule has 1 atom stereocenters. The van der Waals surface area contributed by atoms with Gasteiger partial charge in [-0.25, -0.2) is 4.98 Å². The third-order valence-corrected chi connectivity index (χ3v) is 4.20. The van der Waals surface area contributed by atoms with Crippen LogP contribution >= 0.6 is 0 Å². The third-order valence-electron chi connectivity index (χ3n) is 4.20. The molecule has 0 aliphatic heterocycles. The highest BCUT2D eigenvalue weighted by molar-refractivity contribution is 5.94. The molecule has 0 aliphatic rings. The third kappa shape index (κ3) is 3.60. The standard InChI is InChI=1S/C20H21N3O/c1-23(2)19(16-9-4-3-5-10-16)14-21-20(24)18-13-12-15-8-6-7-11-17(15)22-18/h3-13,19H,14H2,1-2H3,(H,21,24)/p+1/t19-/m0/s1. The summed E-state index contributed by atoms with van der Waals surface area (Å²) in [6.45, 7) is 0.569. The SMILES string of the molecule is C[NH+](C)[C@@H](CNC(=O)c1ccc2ccccc2n1)c1ccccc1. The Morgan fingerprint density at radius 3 is 2.46 bits per heavy atom. The fourth-order valence-corrected chi connectivity index (χ4v) is 2.82. The molecule has 0 aliphatic carbocycles. The summed E-state index contributed by atoms with van der Waals surface area (Å²) in [5.41, 5.74) is 2.50. The summed E-state index contributed by atoms with van der Waals surface area (Å²) in [6.07, 6.45) is 0. The number of quaternary nitrogens is 1. The lowest BCUT2D eigenvalue weighted by Crippen LogP contribution is -3.07. The van der Waals surface area contributed by atoms with E-state index in [-0.39, 0.29) is 11.9 Å². The molecule has 122 valence electrons. The van der Waals surface area contributed by atoms with Crippen LogP contribution in [0.2, 0.25) is 0 Å². The first-order valence-corrected chi connectivity index (χ1v) is 8.14. The second-order valence-corrected chi connectivity index (χ2v) is 6.14. The number of hydrogen-bond donors (Lipinski definition) is 2. The van der Waals surface area contributed by atoms with Crippen LogP contribution in [0.25, 0.3) is 10.9 Å². The lowest BCUT2D eigenvalue weighted by molar-refractivity contribution is -0.890. The van der Waals surface area contributed by atoms with Gasteiger partial charge in [-0.15, -0.1) is 0 Å². The van der Waals surface area contributed by atoms with E-state index in [9.17, 15) is 4.79 Å². The highest BCUT2D eigenvalue weighted by Crippen LogP contribution is 2.12. The minimum atomic E-state index is -0.136. The van der Waals surface area contributed by atoms with Gasteiger partial charge in [0.05, 0.1) is 26.2 Å². The molecule has 0 spiro atoms. The van der Waals surface area contributed by atoms with E-state index in [4.69, 9.17) is 0 Å². The molecule has 24 heavy (non-hydrogen) atoms. The van der Waals surface area contributed by atoms with Crippen LogP contribution in [-0.2, 0) is 0 Å². The molecule has 3 rings (SSSR count). The summed E-state index contributed by atoms with van der Waals surface area (Å²) < 4.78 is 0. The normalized spacial score (nSPS) is 12.3. The second-order valence-electron chi connectivity index (χ2n) is 6.14. The van der Waals surface area contributed by atoms with Crippen LogP contribution in [0.4, 0.5) is 0 Å². The number of nitrogens with zero attached hydrogens (tertiary/aromatic N) is 1. The number of carbonyl (C=O) groups is 1. The van der Waals surface area contributed by atoms with Gasteiger partial charge in [-0.3, -0.25) is 4.79 Å². The van der Waals surface area contributed by atoms with Crippen molar-refractivity contribution < 1.29 is 9.69 Å². The zero-order valence-electron chi connectivity index (χ0n) is 14.0. The fourth-order valence-electron chi connectivity index (χ4n) is 2.82. The molecule has 0 bridgehead atoms. The molecule has 1 aromatic heterocycles. The first kappa shape index (κ1) is 16.1. The predicted octanol–water partition coefficient (Wildman–Crippen LogP) is 1.85. The molecule has 1 amide bonds. The molecule has 0 saturated carbocycles. The molecule has 0 radical (unpaired) electrons. The molecule has 1 heterocycles. The van der Waals surface area contributed by atoms with Crippen molar-refractivity contribution in [2.75, 3.05) is 20.6 Å². The van der Waals surface area contributed by atoms with E-state index in [2.05, 4.69) is 36.5 Å². The summed E-state index contributed by atoms with van der Waals surface area (Å²) in [7, 11) is 4.19. The van der Waals surface area contributed by atoms with Gasteiger partial charge in [-0.2, -0.15) is 0 Å². The van der Waals surface area contributed by atoms with Gasteiger partial charge in [0.2, 0.25) is 0 Å². The highest BCUT2D eigenvalue weighted by atomic mass is 16.1. The number of aromatic nitrogens is 1. The van der Waals surface area contributed by atoms with E-state index in [1.54, 1.807) is 6.07 Å². The number of para-hydroxylation sites is 1. The Labute approximate surface area is 142 Å². The first-order chi connectivity index (χ1) is 11.6. The Balaban J connectivity index is 1.73. The quantitative estimate of drug-likeness (QED) is 0.754. The number of amides is 1. The highest BCUT2D eigenvalue weighted by Gasteiger charge is 2.19. The molecule has 2 aromatic carbocycles. The Hall–Kier alpha value is -2.72. The van der Waals surface area contributed by atoms with E-state index < -0.39 is 0 Å². The van der Waals surface area contributed by atoms with Crippen LogP contribution in [0.3, 0.4) is 0 Å². The second kappa shape index (κ2) is 7.23. The van der Waals surface area contributed by atoms with Crippen molar-refractivity contribution in [3.63, 3.8) is 0 Å². The smallest absolute Gasteiger partial charge is 0.270 e. The minimum Gasteiger partial charge on any atom is -0.344 e. The lowest BCUT2D eigenvalue weighted by atomic mass is 10.1. The molecule has 0 unspecified atom stereocenters. The van der Waals surface area contributed by atoms with Crippen molar-refractivity contribution in [1.82, 2.24) is 10.3 Å². The maximum absolute atomic E-state index is 12.5. The first-order valence-electron chi connectivity index (χ1n) is 8.14. The van der Waals surface area contributed by atoms with Crippen molar-refractivity contribution >= 4 is 16.8 Å².